The van der Waals surface area contributed by atoms with Crippen molar-refractivity contribution in [2.75, 3.05) is 18.4 Å². The minimum Gasteiger partial charge on any atom is -0.370 e. The van der Waals surface area contributed by atoms with Crippen molar-refractivity contribution in [1.82, 2.24) is 19.9 Å². The Kier molecular flexibility index (Phi) is 6.97. The monoisotopic (exact) mass is 463 g/mol. The van der Waals surface area contributed by atoms with Crippen LogP contribution in [-0.2, 0) is 0 Å². The second-order valence-corrected chi connectivity index (χ2v) is 8.08. The van der Waals surface area contributed by atoms with Crippen molar-refractivity contribution in [1.29, 1.82) is 0 Å². The number of nitrogens with one attached hydrogen (secondary N) is 2. The molecule has 2 N–H and O–H groups in total. The number of nitrogens with zero attached hydrogens (tertiary/aromatic N) is 3. The van der Waals surface area contributed by atoms with Crippen LogP contribution in [0.4, 0.5) is 5.82 Å². The lowest BCUT2D eigenvalue weighted by atomic mass is 10.0. The molecule has 1 amide bonds. The van der Waals surface area contributed by atoms with Crippen LogP contribution in [0.25, 0.3) is 16.9 Å². The first-order valence-electron chi connectivity index (χ1n) is 10.2. The van der Waals surface area contributed by atoms with Crippen molar-refractivity contribution in [2.45, 2.75) is 12.8 Å². The first-order chi connectivity index (χ1) is 15.5. The number of anilines is 1. The molecule has 0 aliphatic heterocycles. The molecule has 32 heavy (non-hydrogen) atoms. The van der Waals surface area contributed by atoms with E-state index in [-0.39, 0.29) is 5.91 Å². The van der Waals surface area contributed by atoms with Crippen molar-refractivity contribution in [3.63, 3.8) is 0 Å². The van der Waals surface area contributed by atoms with Gasteiger partial charge in [0.1, 0.15) is 13.7 Å². The summed E-state index contributed by atoms with van der Waals surface area (Å²) in [5.74, 6) is 0.661. The van der Waals surface area contributed by atoms with Gasteiger partial charge in [0.05, 0.1) is 5.69 Å². The molecular weight excluding hydrogens is 444 g/mol. The number of amides is 1. The number of carbonyl (C=O) groups is 1. The number of hydrogen-bond donors (Lipinski definition) is 2. The molecule has 0 saturated carbocycles. The summed E-state index contributed by atoms with van der Waals surface area (Å²) >= 11 is 12.2. The Labute approximate surface area is 197 Å². The molecule has 4 aromatic rings. The van der Waals surface area contributed by atoms with Gasteiger partial charge >= 0.3 is 0 Å². The number of carbonyl (C=O) groups excluding carboxylic acids is 1. The Morgan fingerprint density at radius 1 is 1.03 bits per heavy atom. The largest absolute Gasteiger partial charge is 0.370 e. The Balaban J connectivity index is 1.36. The zero-order valence-corrected chi connectivity index (χ0v) is 18.7. The summed E-state index contributed by atoms with van der Waals surface area (Å²) in [4.78, 5) is 16.8. The number of aromatic nitrogens is 3. The van der Waals surface area contributed by atoms with Gasteiger partial charge in [-0.2, -0.15) is 9.61 Å². The molecule has 2 aromatic carbocycles. The molecule has 160 valence electrons. The van der Waals surface area contributed by atoms with Crippen LogP contribution in [0.5, 0.6) is 0 Å². The molecule has 0 unspecified atom stereocenters. The van der Waals surface area contributed by atoms with Crippen LogP contribution in [0, 0.1) is 0 Å². The minimum atomic E-state index is -0.109. The first kappa shape index (κ1) is 22.2. The number of unbranched alkanes of at least 4 members (excludes halogenated alkanes) is 1. The summed E-state index contributed by atoms with van der Waals surface area (Å²) in [5.41, 5.74) is 3.19. The summed E-state index contributed by atoms with van der Waals surface area (Å²) in [6.45, 7) is 1.27. The Morgan fingerprint density at radius 3 is 2.56 bits per heavy atom. The van der Waals surface area contributed by atoms with Crippen LogP contribution in [-0.4, -0.2) is 41.4 Å². The van der Waals surface area contributed by atoms with Crippen molar-refractivity contribution in [3.05, 3.63) is 76.4 Å². The van der Waals surface area contributed by atoms with Gasteiger partial charge in [-0.1, -0.05) is 41.4 Å². The highest BCUT2D eigenvalue weighted by Gasteiger charge is 2.12. The lowest BCUT2D eigenvalue weighted by Gasteiger charge is -2.12. The summed E-state index contributed by atoms with van der Waals surface area (Å²) in [5, 5.41) is 11.9. The van der Waals surface area contributed by atoms with E-state index in [0.717, 1.165) is 24.2 Å². The normalized spacial score (nSPS) is 10.9. The van der Waals surface area contributed by atoms with E-state index in [0.29, 0.717) is 45.5 Å². The number of fused-ring (bicyclic) bond motifs is 1. The second kappa shape index (κ2) is 10.1. The van der Waals surface area contributed by atoms with E-state index in [1.54, 1.807) is 35.0 Å². The molecule has 2 heterocycles. The smallest absolute Gasteiger partial charge is 0.251 e. The molecule has 0 spiro atoms. The van der Waals surface area contributed by atoms with E-state index in [1.165, 1.54) is 0 Å². The van der Waals surface area contributed by atoms with Crippen LogP contribution in [0.1, 0.15) is 23.2 Å². The number of rotatable bonds is 8. The van der Waals surface area contributed by atoms with Gasteiger partial charge < -0.3 is 10.6 Å². The lowest BCUT2D eigenvalue weighted by molar-refractivity contribution is 0.0953. The SMILES string of the molecule is [B]c1cnn2c(NCCCCNC(=O)c3ccc(Cl)cc3)cc(-c3ccccc3Cl)nc12. The van der Waals surface area contributed by atoms with Crippen LogP contribution in [0.2, 0.25) is 10.0 Å². The summed E-state index contributed by atoms with van der Waals surface area (Å²) in [7, 11) is 6.05. The standard InChI is InChI=1S/C23H20BCl2N5O/c24-18-14-29-31-21(13-20(30-22(18)31)17-5-1-2-6-19(17)26)27-11-3-4-12-28-23(32)15-7-9-16(25)10-8-15/h1-2,5-10,13-14,27H,3-4,11-12H2,(H,28,32). The third kappa shape index (κ3) is 5.06. The predicted molar refractivity (Wildman–Crippen MR) is 130 cm³/mol. The summed E-state index contributed by atoms with van der Waals surface area (Å²) in [6.07, 6.45) is 3.25. The molecule has 0 aliphatic carbocycles. The average molecular weight is 464 g/mol. The Morgan fingerprint density at radius 2 is 1.78 bits per heavy atom. The van der Waals surface area contributed by atoms with E-state index >= 15 is 0 Å². The topological polar surface area (TPSA) is 71.3 Å². The molecule has 0 aliphatic rings. The fourth-order valence-electron chi connectivity index (χ4n) is 3.28. The maximum Gasteiger partial charge on any atom is 0.251 e. The van der Waals surface area contributed by atoms with Crippen LogP contribution in [0.3, 0.4) is 0 Å². The summed E-state index contributed by atoms with van der Waals surface area (Å²) < 4.78 is 1.68. The number of benzene rings is 2. The lowest BCUT2D eigenvalue weighted by Crippen LogP contribution is -2.24. The summed E-state index contributed by atoms with van der Waals surface area (Å²) in [6, 6.07) is 16.3. The van der Waals surface area contributed by atoms with Gasteiger partial charge in [0.15, 0.2) is 5.65 Å². The molecule has 4 rings (SSSR count). The van der Waals surface area contributed by atoms with Crippen molar-refractivity contribution in [3.8, 4) is 11.3 Å². The first-order valence-corrected chi connectivity index (χ1v) is 11.0. The molecule has 2 radical (unpaired) electrons. The average Bonchev–Trinajstić information content (AvgIpc) is 3.17. The van der Waals surface area contributed by atoms with E-state index in [9.17, 15) is 4.79 Å². The molecule has 9 heteroatoms. The van der Waals surface area contributed by atoms with Crippen LogP contribution < -0.4 is 16.1 Å². The van der Waals surface area contributed by atoms with Crippen molar-refractivity contribution < 1.29 is 4.79 Å². The van der Waals surface area contributed by atoms with E-state index < -0.39 is 0 Å². The van der Waals surface area contributed by atoms with Crippen LogP contribution in [0.15, 0.2) is 60.8 Å². The third-order valence-electron chi connectivity index (χ3n) is 4.95. The third-order valence-corrected chi connectivity index (χ3v) is 5.53. The fourth-order valence-corrected chi connectivity index (χ4v) is 3.64. The van der Waals surface area contributed by atoms with Gasteiger partial charge in [0.2, 0.25) is 0 Å². The molecular formula is C23H20BCl2N5O. The molecule has 0 bridgehead atoms. The minimum absolute atomic E-state index is 0.109. The van der Waals surface area contributed by atoms with Gasteiger partial charge in [0, 0.05) is 46.5 Å². The zero-order valence-electron chi connectivity index (χ0n) is 17.2. The van der Waals surface area contributed by atoms with Crippen molar-refractivity contribution >= 4 is 53.9 Å². The highest BCUT2D eigenvalue weighted by atomic mass is 35.5. The maximum absolute atomic E-state index is 12.1. The number of halogens is 2. The maximum atomic E-state index is 12.1. The molecule has 0 atom stereocenters. The Bertz CT molecular complexity index is 1240. The van der Waals surface area contributed by atoms with Gasteiger partial charge in [-0.25, -0.2) is 4.98 Å². The molecule has 2 aromatic heterocycles. The number of hydrogen-bond acceptors (Lipinski definition) is 4. The van der Waals surface area contributed by atoms with Gasteiger partial charge in [-0.05, 0) is 48.6 Å². The highest BCUT2D eigenvalue weighted by Crippen LogP contribution is 2.28. The quantitative estimate of drug-likeness (QED) is 0.304. The Hall–Kier alpha value is -3.03. The molecule has 0 saturated heterocycles. The van der Waals surface area contributed by atoms with Crippen molar-refractivity contribution in [2.24, 2.45) is 0 Å². The fraction of sp³-hybridized carbons (Fsp3) is 0.174. The molecule has 6 nitrogen and oxygen atoms in total. The van der Waals surface area contributed by atoms with E-state index in [1.807, 2.05) is 30.3 Å². The van der Waals surface area contributed by atoms with Crippen LogP contribution >= 0.6 is 23.2 Å². The zero-order chi connectivity index (χ0) is 22.5. The molecule has 0 fully saturated rings. The van der Waals surface area contributed by atoms with Gasteiger partial charge in [-0.3, -0.25) is 4.79 Å². The highest BCUT2D eigenvalue weighted by molar-refractivity contribution is 6.36. The van der Waals surface area contributed by atoms with E-state index in [2.05, 4.69) is 20.7 Å². The van der Waals surface area contributed by atoms with Gasteiger partial charge in [-0.15, -0.1) is 0 Å². The second-order valence-electron chi connectivity index (χ2n) is 7.24. The van der Waals surface area contributed by atoms with E-state index in [4.69, 9.17) is 31.0 Å². The van der Waals surface area contributed by atoms with Gasteiger partial charge in [0.25, 0.3) is 5.91 Å². The predicted octanol–water partition coefficient (Wildman–Crippen LogP) is 4.12.